The van der Waals surface area contributed by atoms with Crippen molar-refractivity contribution in [2.24, 2.45) is 17.6 Å². The van der Waals surface area contributed by atoms with Gasteiger partial charge in [-0.25, -0.2) is 0 Å². The van der Waals surface area contributed by atoms with Crippen LogP contribution in [0.1, 0.15) is 13.8 Å². The lowest BCUT2D eigenvalue weighted by atomic mass is 9.84. The molecule has 0 aromatic carbocycles. The van der Waals surface area contributed by atoms with Crippen molar-refractivity contribution in [1.29, 1.82) is 5.41 Å². The predicted molar refractivity (Wildman–Crippen MR) is 47.5 cm³/mol. The van der Waals surface area contributed by atoms with Gasteiger partial charge in [0.15, 0.2) is 0 Å². The van der Waals surface area contributed by atoms with Gasteiger partial charge in [-0.3, -0.25) is 5.41 Å². The van der Waals surface area contributed by atoms with E-state index in [-0.39, 0.29) is 11.8 Å². The van der Waals surface area contributed by atoms with Crippen molar-refractivity contribution in [2.75, 3.05) is 0 Å². The van der Waals surface area contributed by atoms with E-state index in [1.54, 1.807) is 0 Å². The number of amidine groups is 1. The first-order valence-corrected chi connectivity index (χ1v) is 3.82. The monoisotopic (exact) mass is 150 g/mol. The Kier molecular flexibility index (Phi) is 2.13. The minimum Gasteiger partial charge on any atom is -0.387 e. The summed E-state index contributed by atoms with van der Waals surface area (Å²) in [7, 11) is 0. The fraction of sp³-hybridized carbons (Fsp3) is 0.444. The summed E-state index contributed by atoms with van der Waals surface area (Å²) in [4.78, 5) is 0. The van der Waals surface area contributed by atoms with Crippen molar-refractivity contribution in [2.45, 2.75) is 13.8 Å². The van der Waals surface area contributed by atoms with Crippen LogP contribution in [-0.4, -0.2) is 5.84 Å². The molecular weight excluding hydrogens is 136 g/mol. The van der Waals surface area contributed by atoms with Crippen LogP contribution in [0.5, 0.6) is 0 Å². The molecule has 2 nitrogen and oxygen atoms in total. The van der Waals surface area contributed by atoms with E-state index in [4.69, 9.17) is 11.1 Å². The molecule has 2 unspecified atom stereocenters. The Hall–Kier alpha value is -1.05. The quantitative estimate of drug-likeness (QED) is 0.433. The molecule has 60 valence electrons. The summed E-state index contributed by atoms with van der Waals surface area (Å²) < 4.78 is 0. The molecule has 1 aliphatic carbocycles. The second-order valence-electron chi connectivity index (χ2n) is 3.07. The van der Waals surface area contributed by atoms with E-state index in [9.17, 15) is 0 Å². The van der Waals surface area contributed by atoms with Gasteiger partial charge in [-0.2, -0.15) is 0 Å². The van der Waals surface area contributed by atoms with Crippen molar-refractivity contribution in [3.63, 3.8) is 0 Å². The minimum atomic E-state index is 0.111. The molecule has 1 rings (SSSR count). The maximum Gasteiger partial charge on any atom is 0.0981 e. The van der Waals surface area contributed by atoms with Crippen molar-refractivity contribution in [3.05, 3.63) is 23.8 Å². The van der Waals surface area contributed by atoms with Crippen LogP contribution in [0.3, 0.4) is 0 Å². The van der Waals surface area contributed by atoms with Crippen LogP contribution >= 0.6 is 0 Å². The van der Waals surface area contributed by atoms with E-state index in [0.29, 0.717) is 5.92 Å². The van der Waals surface area contributed by atoms with Crippen LogP contribution in [0.2, 0.25) is 0 Å². The van der Waals surface area contributed by atoms with Crippen LogP contribution in [0.4, 0.5) is 0 Å². The molecule has 2 atom stereocenters. The SMILES string of the molecule is CC1=CC=CC(C(=N)N)C1C. The number of allylic oxidation sites excluding steroid dienone is 3. The second kappa shape index (κ2) is 2.91. The average Bonchev–Trinajstić information content (AvgIpc) is 1.94. The molecule has 0 amide bonds. The Bertz CT molecular complexity index is 226. The summed E-state index contributed by atoms with van der Waals surface area (Å²) in [5.74, 6) is 0.763. The summed E-state index contributed by atoms with van der Waals surface area (Å²) in [6.45, 7) is 4.17. The zero-order chi connectivity index (χ0) is 8.43. The maximum atomic E-state index is 7.31. The molecule has 1 aliphatic rings. The third kappa shape index (κ3) is 1.50. The summed E-state index contributed by atoms with van der Waals surface area (Å²) in [5, 5.41) is 7.31. The van der Waals surface area contributed by atoms with Crippen molar-refractivity contribution < 1.29 is 0 Å². The number of rotatable bonds is 1. The Balaban J connectivity index is 2.81. The highest BCUT2D eigenvalue weighted by Gasteiger charge is 2.20. The topological polar surface area (TPSA) is 49.9 Å². The fourth-order valence-corrected chi connectivity index (χ4v) is 1.30. The summed E-state index contributed by atoms with van der Waals surface area (Å²) >= 11 is 0. The predicted octanol–water partition coefficient (Wildman–Crippen LogP) is 1.69. The van der Waals surface area contributed by atoms with Crippen LogP contribution in [0.15, 0.2) is 23.8 Å². The maximum absolute atomic E-state index is 7.31. The molecule has 0 saturated carbocycles. The first-order valence-electron chi connectivity index (χ1n) is 3.82. The number of nitrogens with one attached hydrogen (secondary N) is 1. The highest BCUT2D eigenvalue weighted by atomic mass is 14.7. The van der Waals surface area contributed by atoms with E-state index in [1.165, 1.54) is 5.57 Å². The standard InChI is InChI=1S/C9H14N2/c1-6-4-3-5-8(7(6)2)9(10)11/h3-5,7-8H,1-2H3,(H3,10,11). The Morgan fingerprint density at radius 1 is 1.64 bits per heavy atom. The Labute approximate surface area is 67.3 Å². The van der Waals surface area contributed by atoms with Crippen molar-refractivity contribution >= 4 is 5.84 Å². The van der Waals surface area contributed by atoms with Gasteiger partial charge in [-0.05, 0) is 12.8 Å². The minimum absolute atomic E-state index is 0.111. The zero-order valence-corrected chi connectivity index (χ0v) is 6.96. The molecular formula is C9H14N2. The molecule has 0 aromatic heterocycles. The first kappa shape index (κ1) is 8.05. The highest BCUT2D eigenvalue weighted by Crippen LogP contribution is 2.24. The highest BCUT2D eigenvalue weighted by molar-refractivity contribution is 5.82. The van der Waals surface area contributed by atoms with Crippen molar-refractivity contribution in [1.82, 2.24) is 0 Å². The number of hydrogen-bond donors (Lipinski definition) is 2. The Morgan fingerprint density at radius 3 is 2.73 bits per heavy atom. The largest absolute Gasteiger partial charge is 0.387 e. The summed E-state index contributed by atoms with van der Waals surface area (Å²) in [5.41, 5.74) is 6.72. The lowest BCUT2D eigenvalue weighted by molar-refractivity contribution is 0.592. The molecule has 0 heterocycles. The van der Waals surface area contributed by atoms with E-state index in [0.717, 1.165) is 0 Å². The summed E-state index contributed by atoms with van der Waals surface area (Å²) in [6.07, 6.45) is 6.03. The molecule has 0 aromatic rings. The van der Waals surface area contributed by atoms with Crippen LogP contribution in [0, 0.1) is 17.2 Å². The van der Waals surface area contributed by atoms with Gasteiger partial charge in [0.2, 0.25) is 0 Å². The van der Waals surface area contributed by atoms with Gasteiger partial charge in [0, 0.05) is 5.92 Å². The third-order valence-electron chi connectivity index (χ3n) is 2.29. The molecule has 11 heavy (non-hydrogen) atoms. The molecule has 0 spiro atoms. The molecule has 2 heteroatoms. The number of hydrogen-bond acceptors (Lipinski definition) is 1. The fourth-order valence-electron chi connectivity index (χ4n) is 1.30. The lowest BCUT2D eigenvalue weighted by Crippen LogP contribution is -2.28. The molecule has 0 radical (unpaired) electrons. The molecule has 0 bridgehead atoms. The Morgan fingerprint density at radius 2 is 2.27 bits per heavy atom. The molecule has 0 aliphatic heterocycles. The van der Waals surface area contributed by atoms with Crippen LogP contribution in [-0.2, 0) is 0 Å². The zero-order valence-electron chi connectivity index (χ0n) is 6.96. The normalized spacial score (nSPS) is 29.8. The number of nitrogens with two attached hydrogens (primary N) is 1. The van der Waals surface area contributed by atoms with E-state index < -0.39 is 0 Å². The first-order chi connectivity index (χ1) is 5.13. The average molecular weight is 150 g/mol. The van der Waals surface area contributed by atoms with E-state index in [2.05, 4.69) is 19.9 Å². The second-order valence-corrected chi connectivity index (χ2v) is 3.07. The lowest BCUT2D eigenvalue weighted by Gasteiger charge is -2.22. The van der Waals surface area contributed by atoms with Gasteiger partial charge in [-0.1, -0.05) is 30.7 Å². The van der Waals surface area contributed by atoms with Crippen LogP contribution < -0.4 is 5.73 Å². The molecule has 0 saturated heterocycles. The molecule has 0 fully saturated rings. The van der Waals surface area contributed by atoms with Gasteiger partial charge in [-0.15, -0.1) is 0 Å². The van der Waals surface area contributed by atoms with E-state index >= 15 is 0 Å². The smallest absolute Gasteiger partial charge is 0.0981 e. The van der Waals surface area contributed by atoms with E-state index in [1.807, 2.05) is 12.2 Å². The van der Waals surface area contributed by atoms with Gasteiger partial charge in [0.05, 0.1) is 5.84 Å². The van der Waals surface area contributed by atoms with Crippen LogP contribution in [0.25, 0.3) is 0 Å². The van der Waals surface area contributed by atoms with Gasteiger partial charge in [0.25, 0.3) is 0 Å². The van der Waals surface area contributed by atoms with Crippen molar-refractivity contribution in [3.8, 4) is 0 Å². The van der Waals surface area contributed by atoms with Gasteiger partial charge in [0.1, 0.15) is 0 Å². The molecule has 3 N–H and O–H groups in total. The van der Waals surface area contributed by atoms with Gasteiger partial charge < -0.3 is 5.73 Å². The summed E-state index contributed by atoms with van der Waals surface area (Å²) in [6, 6.07) is 0. The third-order valence-corrected chi connectivity index (χ3v) is 2.29. The van der Waals surface area contributed by atoms with Gasteiger partial charge >= 0.3 is 0 Å².